The summed E-state index contributed by atoms with van der Waals surface area (Å²) in [7, 11) is 0. The van der Waals surface area contributed by atoms with Gasteiger partial charge in [-0.1, -0.05) is 29.8 Å². The van der Waals surface area contributed by atoms with Gasteiger partial charge in [-0.15, -0.1) is 0 Å². The highest BCUT2D eigenvalue weighted by Gasteiger charge is 2.36. The van der Waals surface area contributed by atoms with E-state index in [1.807, 2.05) is 0 Å². The highest BCUT2D eigenvalue weighted by Crippen LogP contribution is 2.33. The number of hydrogen-bond donors (Lipinski definition) is 1. The van der Waals surface area contributed by atoms with Crippen molar-refractivity contribution in [2.24, 2.45) is 5.73 Å². The fourth-order valence-corrected chi connectivity index (χ4v) is 1.78. The lowest BCUT2D eigenvalue weighted by atomic mass is 10.2. The van der Waals surface area contributed by atoms with Gasteiger partial charge in [0.2, 0.25) is 0 Å². The predicted octanol–water partition coefficient (Wildman–Crippen LogP) is 2.58. The van der Waals surface area contributed by atoms with Crippen LogP contribution in [0.4, 0.5) is 8.78 Å². The van der Waals surface area contributed by atoms with Gasteiger partial charge in [0.15, 0.2) is 0 Å². The maximum atomic E-state index is 13.7. The molecule has 90 valence electrons. The molecule has 0 atom stereocenters. The zero-order valence-corrected chi connectivity index (χ0v) is 9.53. The third kappa shape index (κ3) is 2.16. The molecule has 17 heavy (non-hydrogen) atoms. The normalized spacial score (nSPS) is 11.8. The number of nitrogens with zero attached hydrogens (tertiary/aromatic N) is 2. The molecular formula is C11H10ClF2N3. The van der Waals surface area contributed by atoms with Crippen LogP contribution in [0.5, 0.6) is 0 Å². The minimum atomic E-state index is -3.20. The Morgan fingerprint density at radius 1 is 1.29 bits per heavy atom. The summed E-state index contributed by atoms with van der Waals surface area (Å²) in [6.45, 7) is -0.814. The van der Waals surface area contributed by atoms with Crippen LogP contribution in [0.25, 0.3) is 5.69 Å². The number of hydrogen-bond acceptors (Lipinski definition) is 2. The topological polar surface area (TPSA) is 43.8 Å². The second kappa shape index (κ2) is 4.43. The average Bonchev–Trinajstić information content (AvgIpc) is 2.73. The quantitative estimate of drug-likeness (QED) is 0.918. The molecule has 0 spiro atoms. The Kier molecular flexibility index (Phi) is 3.13. The molecule has 0 radical (unpaired) electrons. The number of rotatable bonds is 3. The molecule has 1 aromatic heterocycles. The van der Waals surface area contributed by atoms with E-state index >= 15 is 0 Å². The average molecular weight is 258 g/mol. The molecule has 6 heteroatoms. The summed E-state index contributed by atoms with van der Waals surface area (Å²) in [5, 5.41) is 3.76. The Morgan fingerprint density at radius 2 is 1.94 bits per heavy atom. The van der Waals surface area contributed by atoms with E-state index in [0.717, 1.165) is 4.68 Å². The Hall–Kier alpha value is -1.46. The zero-order chi connectivity index (χ0) is 12.5. The van der Waals surface area contributed by atoms with E-state index in [9.17, 15) is 8.78 Å². The molecule has 0 unspecified atom stereocenters. The number of halogens is 3. The fourth-order valence-electron chi connectivity index (χ4n) is 1.52. The third-order valence-electron chi connectivity index (χ3n) is 2.33. The first-order valence-corrected chi connectivity index (χ1v) is 5.31. The van der Waals surface area contributed by atoms with Crippen molar-refractivity contribution in [2.75, 3.05) is 6.54 Å². The van der Waals surface area contributed by atoms with Crippen LogP contribution < -0.4 is 5.73 Å². The van der Waals surface area contributed by atoms with Gasteiger partial charge in [-0.25, -0.2) is 4.68 Å². The molecule has 2 N–H and O–H groups in total. The van der Waals surface area contributed by atoms with Crippen LogP contribution in [0.2, 0.25) is 5.02 Å². The van der Waals surface area contributed by atoms with Gasteiger partial charge in [-0.05, 0) is 12.1 Å². The molecule has 0 fully saturated rings. The van der Waals surface area contributed by atoms with Crippen molar-refractivity contribution < 1.29 is 8.78 Å². The van der Waals surface area contributed by atoms with Crippen LogP contribution in [-0.4, -0.2) is 16.3 Å². The number of alkyl halides is 2. The van der Waals surface area contributed by atoms with Gasteiger partial charge in [-0.2, -0.15) is 13.9 Å². The smallest absolute Gasteiger partial charge is 0.303 e. The molecule has 2 aromatic rings. The molecule has 0 aliphatic heterocycles. The van der Waals surface area contributed by atoms with Crippen molar-refractivity contribution in [3.8, 4) is 5.69 Å². The summed E-state index contributed by atoms with van der Waals surface area (Å²) < 4.78 is 28.4. The predicted molar refractivity (Wildman–Crippen MR) is 61.5 cm³/mol. The van der Waals surface area contributed by atoms with Gasteiger partial charge >= 0.3 is 5.92 Å². The van der Waals surface area contributed by atoms with Crippen LogP contribution in [0.3, 0.4) is 0 Å². The Bertz CT molecular complexity index is 511. The first-order chi connectivity index (χ1) is 8.06. The Labute approximate surface area is 102 Å². The zero-order valence-electron chi connectivity index (χ0n) is 8.78. The highest BCUT2D eigenvalue weighted by atomic mass is 35.5. The molecule has 1 heterocycles. The molecule has 2 rings (SSSR count). The van der Waals surface area contributed by atoms with Crippen LogP contribution in [0.15, 0.2) is 36.5 Å². The van der Waals surface area contributed by atoms with E-state index in [1.165, 1.54) is 6.20 Å². The molecule has 0 amide bonds. The van der Waals surface area contributed by atoms with E-state index in [-0.39, 0.29) is 10.7 Å². The monoisotopic (exact) mass is 257 g/mol. The van der Waals surface area contributed by atoms with Crippen LogP contribution in [0, 0.1) is 0 Å². The molecule has 3 nitrogen and oxygen atoms in total. The molecule has 0 aliphatic rings. The minimum absolute atomic E-state index is 0.0932. The third-order valence-corrected chi connectivity index (χ3v) is 2.60. The number of benzene rings is 1. The van der Waals surface area contributed by atoms with Gasteiger partial charge in [0.1, 0.15) is 5.69 Å². The molecule has 0 bridgehead atoms. The summed E-state index contributed by atoms with van der Waals surface area (Å²) in [6.07, 6.45) is 1.19. The molecular weight excluding hydrogens is 248 g/mol. The SMILES string of the molecule is NCC(F)(F)c1c(Cl)cnn1-c1ccccc1. The standard InChI is InChI=1S/C11H10ClF2N3/c12-9-6-16-17(8-4-2-1-3-5-8)10(9)11(13,14)7-15/h1-6H,7,15H2. The molecule has 0 saturated heterocycles. The van der Waals surface area contributed by atoms with Gasteiger partial charge in [0.05, 0.1) is 23.5 Å². The first-order valence-electron chi connectivity index (χ1n) is 4.93. The van der Waals surface area contributed by atoms with Gasteiger partial charge < -0.3 is 5.73 Å². The van der Waals surface area contributed by atoms with Gasteiger partial charge in [0, 0.05) is 0 Å². The van der Waals surface area contributed by atoms with E-state index < -0.39 is 12.5 Å². The van der Waals surface area contributed by atoms with Crippen molar-refractivity contribution in [3.63, 3.8) is 0 Å². The summed E-state index contributed by atoms with van der Waals surface area (Å²) in [5.41, 5.74) is 5.20. The largest absolute Gasteiger partial charge is 0.325 e. The van der Waals surface area contributed by atoms with Crippen LogP contribution in [-0.2, 0) is 5.92 Å². The summed E-state index contributed by atoms with van der Waals surface area (Å²) in [6, 6.07) is 8.58. The lowest BCUT2D eigenvalue weighted by Gasteiger charge is -2.16. The Morgan fingerprint density at radius 3 is 2.53 bits per heavy atom. The minimum Gasteiger partial charge on any atom is -0.325 e. The number of aromatic nitrogens is 2. The van der Waals surface area contributed by atoms with Crippen LogP contribution >= 0.6 is 11.6 Å². The second-order valence-electron chi connectivity index (χ2n) is 3.50. The summed E-state index contributed by atoms with van der Waals surface area (Å²) >= 11 is 5.74. The van der Waals surface area contributed by atoms with E-state index in [2.05, 4.69) is 5.10 Å². The maximum absolute atomic E-state index is 13.7. The molecule has 0 saturated carbocycles. The van der Waals surface area contributed by atoms with E-state index in [4.69, 9.17) is 17.3 Å². The fraction of sp³-hybridized carbons (Fsp3) is 0.182. The van der Waals surface area contributed by atoms with E-state index in [1.54, 1.807) is 30.3 Å². The number of nitrogens with two attached hydrogens (primary N) is 1. The van der Waals surface area contributed by atoms with Gasteiger partial charge in [0.25, 0.3) is 0 Å². The first kappa shape index (κ1) is 12.0. The lowest BCUT2D eigenvalue weighted by Crippen LogP contribution is -2.28. The van der Waals surface area contributed by atoms with Crippen molar-refractivity contribution in [3.05, 3.63) is 47.2 Å². The highest BCUT2D eigenvalue weighted by molar-refractivity contribution is 6.31. The maximum Gasteiger partial charge on any atom is 0.303 e. The Balaban J connectivity index is 2.58. The molecule has 1 aromatic carbocycles. The lowest BCUT2D eigenvalue weighted by molar-refractivity contribution is -0.000913. The summed E-state index contributed by atoms with van der Waals surface area (Å²) in [5.74, 6) is -3.20. The summed E-state index contributed by atoms with van der Waals surface area (Å²) in [4.78, 5) is 0. The van der Waals surface area contributed by atoms with Crippen molar-refractivity contribution in [1.82, 2.24) is 9.78 Å². The van der Waals surface area contributed by atoms with Crippen LogP contribution in [0.1, 0.15) is 5.69 Å². The second-order valence-corrected chi connectivity index (χ2v) is 3.90. The van der Waals surface area contributed by atoms with Crippen molar-refractivity contribution in [1.29, 1.82) is 0 Å². The number of para-hydroxylation sites is 1. The van der Waals surface area contributed by atoms with Crippen molar-refractivity contribution in [2.45, 2.75) is 5.92 Å². The van der Waals surface area contributed by atoms with Crippen molar-refractivity contribution >= 4 is 11.6 Å². The van der Waals surface area contributed by atoms with E-state index in [0.29, 0.717) is 5.69 Å². The van der Waals surface area contributed by atoms with Gasteiger partial charge in [-0.3, -0.25) is 0 Å². The molecule has 0 aliphatic carbocycles.